The summed E-state index contributed by atoms with van der Waals surface area (Å²) >= 11 is 0. The molecular weight excluding hydrogens is 298 g/mol. The molecule has 4 rings (SSSR count). The number of benzene rings is 1. The number of H-pyrrole nitrogens is 1. The van der Waals surface area contributed by atoms with E-state index < -0.39 is 0 Å². The van der Waals surface area contributed by atoms with Crippen molar-refractivity contribution in [3.05, 3.63) is 53.2 Å². The van der Waals surface area contributed by atoms with E-state index in [2.05, 4.69) is 32.7 Å². The minimum absolute atomic E-state index is 0.254. The Bertz CT molecular complexity index is 888. The van der Waals surface area contributed by atoms with Gasteiger partial charge in [0.15, 0.2) is 5.78 Å². The van der Waals surface area contributed by atoms with Gasteiger partial charge in [-0.15, -0.1) is 0 Å². The number of hydrogen-bond acceptors (Lipinski definition) is 2. The van der Waals surface area contributed by atoms with E-state index in [0.717, 1.165) is 35.3 Å². The Kier molecular flexibility index (Phi) is 3.97. The summed E-state index contributed by atoms with van der Waals surface area (Å²) in [5.74, 6) is 0.254. The number of imidazole rings is 1. The second-order valence-electron chi connectivity index (χ2n) is 6.70. The van der Waals surface area contributed by atoms with Crippen LogP contribution in [0.15, 0.2) is 30.6 Å². The molecule has 1 aliphatic rings. The highest BCUT2D eigenvalue weighted by atomic mass is 16.1. The predicted octanol–water partition coefficient (Wildman–Crippen LogP) is 4.21. The van der Waals surface area contributed by atoms with Gasteiger partial charge in [-0.1, -0.05) is 24.6 Å². The molecule has 4 heteroatoms. The monoisotopic (exact) mass is 321 g/mol. The third-order valence-corrected chi connectivity index (χ3v) is 5.18. The molecule has 0 radical (unpaired) electrons. The van der Waals surface area contributed by atoms with E-state index in [0.29, 0.717) is 12.8 Å². The van der Waals surface area contributed by atoms with Gasteiger partial charge in [0.05, 0.1) is 12.0 Å². The summed E-state index contributed by atoms with van der Waals surface area (Å²) < 4.78 is 2.38. The van der Waals surface area contributed by atoms with E-state index in [1.54, 1.807) is 6.33 Å². The van der Waals surface area contributed by atoms with Crippen LogP contribution in [0.1, 0.15) is 53.1 Å². The van der Waals surface area contributed by atoms with Gasteiger partial charge in [0.1, 0.15) is 0 Å². The van der Waals surface area contributed by atoms with Crippen molar-refractivity contribution in [1.82, 2.24) is 14.5 Å². The molecule has 1 aliphatic heterocycles. The van der Waals surface area contributed by atoms with E-state index in [1.165, 1.54) is 30.5 Å². The smallest absolute Gasteiger partial charge is 0.165 e. The van der Waals surface area contributed by atoms with Crippen LogP contribution in [0.3, 0.4) is 0 Å². The Morgan fingerprint density at radius 3 is 2.96 bits per heavy atom. The van der Waals surface area contributed by atoms with Crippen molar-refractivity contribution in [1.29, 1.82) is 0 Å². The first-order valence-electron chi connectivity index (χ1n) is 8.88. The van der Waals surface area contributed by atoms with E-state index >= 15 is 0 Å². The van der Waals surface area contributed by atoms with E-state index in [4.69, 9.17) is 0 Å². The van der Waals surface area contributed by atoms with E-state index in [9.17, 15) is 4.79 Å². The lowest BCUT2D eigenvalue weighted by Gasteiger charge is -2.07. The van der Waals surface area contributed by atoms with Gasteiger partial charge in [-0.3, -0.25) is 4.79 Å². The maximum Gasteiger partial charge on any atom is 0.165 e. The molecule has 1 aromatic carbocycles. The fourth-order valence-electron chi connectivity index (χ4n) is 3.92. The average Bonchev–Trinajstić information content (AvgIpc) is 3.04. The number of para-hydroxylation sites is 1. The number of aromatic nitrogens is 3. The molecule has 0 saturated carbocycles. The summed E-state index contributed by atoms with van der Waals surface area (Å²) in [5, 5.41) is 1.12. The molecule has 0 amide bonds. The van der Waals surface area contributed by atoms with Crippen molar-refractivity contribution >= 4 is 16.7 Å². The summed E-state index contributed by atoms with van der Waals surface area (Å²) in [5.41, 5.74) is 5.48. The highest BCUT2D eigenvalue weighted by Gasteiger charge is 2.23. The van der Waals surface area contributed by atoms with Crippen molar-refractivity contribution in [2.24, 2.45) is 0 Å². The van der Waals surface area contributed by atoms with Crippen molar-refractivity contribution in [3.63, 3.8) is 0 Å². The van der Waals surface area contributed by atoms with E-state index in [-0.39, 0.29) is 5.78 Å². The number of carbonyl (C=O) groups excluding carboxylic acids is 1. The molecule has 1 N–H and O–H groups in total. The molecule has 0 spiro atoms. The zero-order chi connectivity index (χ0) is 16.5. The maximum absolute atomic E-state index is 13.1. The molecule has 0 atom stereocenters. The number of rotatable bonds is 4. The lowest BCUT2D eigenvalue weighted by molar-refractivity contribution is 0.0983. The van der Waals surface area contributed by atoms with Gasteiger partial charge in [-0.05, 0) is 38.7 Å². The Balaban J connectivity index is 1.71. The third kappa shape index (κ3) is 2.56. The molecule has 4 nitrogen and oxygen atoms in total. The maximum atomic E-state index is 13.1. The fraction of sp³-hybridized carbons (Fsp3) is 0.400. The van der Waals surface area contributed by atoms with Crippen LogP contribution in [0, 0.1) is 6.92 Å². The van der Waals surface area contributed by atoms with E-state index in [1.807, 2.05) is 13.0 Å². The Morgan fingerprint density at radius 2 is 2.12 bits per heavy atom. The topological polar surface area (TPSA) is 50.7 Å². The summed E-state index contributed by atoms with van der Waals surface area (Å²) in [6.45, 7) is 3.04. The number of carbonyl (C=O) groups is 1. The van der Waals surface area contributed by atoms with Crippen LogP contribution in [-0.2, 0) is 19.4 Å². The Morgan fingerprint density at radius 1 is 1.25 bits per heavy atom. The molecule has 24 heavy (non-hydrogen) atoms. The lowest BCUT2D eigenvalue weighted by atomic mass is 9.99. The molecule has 3 aromatic rings. The van der Waals surface area contributed by atoms with Crippen molar-refractivity contribution in [2.75, 3.05) is 0 Å². The molecular formula is C20H23N3O. The standard InChI is InChI=1S/C20H23N3O/c1-14-16(22-13-21-14)10-11-19(24)20-15-7-4-5-8-17(15)23-12-6-2-3-9-18(20)23/h4-5,7-8,13H,2-3,6,9-12H2,1H3,(H,21,22). The first kappa shape index (κ1) is 15.2. The average molecular weight is 321 g/mol. The van der Waals surface area contributed by atoms with Crippen LogP contribution in [0.4, 0.5) is 0 Å². The summed E-state index contributed by atoms with van der Waals surface area (Å²) in [6, 6.07) is 8.36. The third-order valence-electron chi connectivity index (χ3n) is 5.18. The molecule has 3 heterocycles. The molecule has 2 aromatic heterocycles. The number of aryl methyl sites for hydroxylation is 3. The SMILES string of the molecule is Cc1[nH]cnc1CCC(=O)c1c2n(c3ccccc13)CCCCC2. The van der Waals surface area contributed by atoms with Crippen LogP contribution >= 0.6 is 0 Å². The van der Waals surface area contributed by atoms with Gasteiger partial charge in [0.2, 0.25) is 0 Å². The van der Waals surface area contributed by atoms with Gasteiger partial charge in [0, 0.05) is 40.8 Å². The minimum atomic E-state index is 0.254. The Labute approximate surface area is 141 Å². The number of fused-ring (bicyclic) bond motifs is 3. The fourth-order valence-corrected chi connectivity index (χ4v) is 3.92. The summed E-state index contributed by atoms with van der Waals surface area (Å²) in [6.07, 6.45) is 7.56. The van der Waals surface area contributed by atoms with Gasteiger partial charge in [-0.2, -0.15) is 0 Å². The zero-order valence-corrected chi connectivity index (χ0v) is 14.1. The normalized spacial score (nSPS) is 14.5. The van der Waals surface area contributed by atoms with Crippen LogP contribution in [-0.4, -0.2) is 20.3 Å². The van der Waals surface area contributed by atoms with Gasteiger partial charge in [-0.25, -0.2) is 4.98 Å². The number of ketones is 1. The molecule has 0 aliphatic carbocycles. The highest BCUT2D eigenvalue weighted by molar-refractivity contribution is 6.09. The molecule has 0 unspecified atom stereocenters. The van der Waals surface area contributed by atoms with Crippen molar-refractivity contribution in [2.45, 2.75) is 52.0 Å². The van der Waals surface area contributed by atoms with Crippen LogP contribution in [0.25, 0.3) is 10.9 Å². The number of Topliss-reactive ketones (excluding diaryl/α,β-unsaturated/α-hetero) is 1. The van der Waals surface area contributed by atoms with Crippen molar-refractivity contribution in [3.8, 4) is 0 Å². The zero-order valence-electron chi connectivity index (χ0n) is 14.1. The Hall–Kier alpha value is -2.36. The van der Waals surface area contributed by atoms with Crippen LogP contribution in [0.2, 0.25) is 0 Å². The highest BCUT2D eigenvalue weighted by Crippen LogP contribution is 2.31. The van der Waals surface area contributed by atoms with Crippen LogP contribution in [0.5, 0.6) is 0 Å². The first-order chi connectivity index (χ1) is 11.8. The molecule has 0 fully saturated rings. The van der Waals surface area contributed by atoms with Gasteiger partial charge >= 0.3 is 0 Å². The number of nitrogens with one attached hydrogen (secondary N) is 1. The number of aromatic amines is 1. The lowest BCUT2D eigenvalue weighted by Crippen LogP contribution is -2.07. The van der Waals surface area contributed by atoms with Crippen molar-refractivity contribution < 1.29 is 4.79 Å². The largest absolute Gasteiger partial charge is 0.348 e. The summed E-state index contributed by atoms with van der Waals surface area (Å²) in [7, 11) is 0. The predicted molar refractivity (Wildman–Crippen MR) is 95.5 cm³/mol. The molecule has 124 valence electrons. The van der Waals surface area contributed by atoms with Crippen LogP contribution < -0.4 is 0 Å². The minimum Gasteiger partial charge on any atom is -0.348 e. The van der Waals surface area contributed by atoms with Gasteiger partial charge in [0.25, 0.3) is 0 Å². The first-order valence-corrected chi connectivity index (χ1v) is 8.88. The number of hydrogen-bond donors (Lipinski definition) is 1. The molecule has 0 bridgehead atoms. The number of nitrogens with zero attached hydrogens (tertiary/aromatic N) is 2. The molecule has 0 saturated heterocycles. The second-order valence-corrected chi connectivity index (χ2v) is 6.70. The quantitative estimate of drug-likeness (QED) is 0.732. The summed E-state index contributed by atoms with van der Waals surface area (Å²) in [4.78, 5) is 20.5. The second kappa shape index (κ2) is 6.27. The van der Waals surface area contributed by atoms with Gasteiger partial charge < -0.3 is 9.55 Å².